The number of carboxylic acids is 1. The van der Waals surface area contributed by atoms with E-state index >= 15 is 0 Å². The lowest BCUT2D eigenvalue weighted by Gasteiger charge is -2.10. The van der Waals surface area contributed by atoms with E-state index in [2.05, 4.69) is 4.72 Å². The summed E-state index contributed by atoms with van der Waals surface area (Å²) in [6, 6.07) is 8.49. The van der Waals surface area contributed by atoms with Crippen LogP contribution in [-0.4, -0.2) is 26.0 Å². The fourth-order valence-electron chi connectivity index (χ4n) is 1.20. The molecule has 5 nitrogen and oxygen atoms in total. The van der Waals surface area contributed by atoms with Crippen molar-refractivity contribution in [2.24, 2.45) is 0 Å². The summed E-state index contributed by atoms with van der Waals surface area (Å²) < 4.78 is 22.7. The van der Waals surface area contributed by atoms with Crippen molar-refractivity contribution in [3.05, 3.63) is 35.9 Å². The molecule has 0 radical (unpaired) electrons. The van der Waals surface area contributed by atoms with Crippen LogP contribution >= 0.6 is 0 Å². The van der Waals surface area contributed by atoms with Crippen LogP contribution in [0, 0.1) is 0 Å². The summed E-state index contributed by atoms with van der Waals surface area (Å²) in [6.07, 6.45) is 0. The Balaban J connectivity index is 2.79. The summed E-state index contributed by atoms with van der Waals surface area (Å²) in [6.45, 7) is -0.127. The summed E-state index contributed by atoms with van der Waals surface area (Å²) >= 11 is 0. The molecule has 0 saturated carbocycles. The molecule has 1 aromatic carbocycles. The number of rotatable bonds is 5. The minimum absolute atomic E-state index is 0.127. The van der Waals surface area contributed by atoms with Crippen LogP contribution in [-0.2, 0) is 15.7 Å². The standard InChI is InChI=1S/C9H11NO4S/c11-9(12)8(6-10-15(13)14)7-4-2-1-3-5-7/h1-5,8,15H,6H2,(H,11,12)(H,10,13,14)/t8-/m0/s1. The topological polar surface area (TPSA) is 83.5 Å². The number of carbonyl (C=O) groups is 1. The third-order valence-corrected chi connectivity index (χ3v) is 2.37. The maximum absolute atomic E-state index is 10.9. The van der Waals surface area contributed by atoms with Gasteiger partial charge in [-0.25, -0.2) is 13.1 Å². The quantitative estimate of drug-likeness (QED) is 0.619. The van der Waals surface area contributed by atoms with Gasteiger partial charge in [0.1, 0.15) is 0 Å². The molecular weight excluding hydrogens is 218 g/mol. The second kappa shape index (κ2) is 5.47. The minimum atomic E-state index is -2.76. The normalized spacial score (nSPS) is 12.6. The highest BCUT2D eigenvalue weighted by Crippen LogP contribution is 2.14. The van der Waals surface area contributed by atoms with Crippen molar-refractivity contribution in [1.29, 1.82) is 0 Å². The van der Waals surface area contributed by atoms with Gasteiger partial charge >= 0.3 is 5.97 Å². The first-order chi connectivity index (χ1) is 7.11. The fraction of sp³-hybridized carbons (Fsp3) is 0.222. The molecule has 0 bridgehead atoms. The molecule has 1 rings (SSSR count). The van der Waals surface area contributed by atoms with E-state index in [0.29, 0.717) is 5.56 Å². The van der Waals surface area contributed by atoms with E-state index in [4.69, 9.17) is 5.11 Å². The molecule has 0 spiro atoms. The number of hydrogen-bond donors (Lipinski definition) is 3. The number of nitrogens with one attached hydrogen (secondary N) is 1. The van der Waals surface area contributed by atoms with Gasteiger partial charge in [-0.1, -0.05) is 30.3 Å². The van der Waals surface area contributed by atoms with Crippen LogP contribution in [0.25, 0.3) is 0 Å². The lowest BCUT2D eigenvalue weighted by Crippen LogP contribution is -2.25. The van der Waals surface area contributed by atoms with Gasteiger partial charge in [0, 0.05) is 6.54 Å². The van der Waals surface area contributed by atoms with E-state index in [1.807, 2.05) is 0 Å². The molecule has 0 aliphatic rings. The zero-order valence-corrected chi connectivity index (χ0v) is 8.68. The monoisotopic (exact) mass is 229 g/mol. The highest BCUT2D eigenvalue weighted by Gasteiger charge is 2.19. The Morgan fingerprint density at radius 3 is 2.40 bits per heavy atom. The summed E-state index contributed by atoms with van der Waals surface area (Å²) in [7, 11) is -2.76. The molecule has 2 N–H and O–H groups in total. The van der Waals surface area contributed by atoms with Crippen molar-refractivity contribution >= 4 is 16.9 Å². The van der Waals surface area contributed by atoms with Gasteiger partial charge in [-0.2, -0.15) is 0 Å². The van der Waals surface area contributed by atoms with Crippen LogP contribution in [0.2, 0.25) is 0 Å². The van der Waals surface area contributed by atoms with E-state index < -0.39 is 22.8 Å². The highest BCUT2D eigenvalue weighted by molar-refractivity contribution is 7.70. The molecule has 0 heterocycles. The van der Waals surface area contributed by atoms with Crippen LogP contribution in [0.15, 0.2) is 30.3 Å². The number of hydrogen-bond acceptors (Lipinski definition) is 3. The highest BCUT2D eigenvalue weighted by atomic mass is 32.2. The Morgan fingerprint density at radius 2 is 1.93 bits per heavy atom. The molecule has 0 aliphatic heterocycles. The predicted molar refractivity (Wildman–Crippen MR) is 55.1 cm³/mol. The van der Waals surface area contributed by atoms with Crippen LogP contribution in [0.1, 0.15) is 11.5 Å². The molecule has 82 valence electrons. The van der Waals surface area contributed by atoms with Gasteiger partial charge < -0.3 is 5.11 Å². The maximum Gasteiger partial charge on any atom is 0.312 e. The molecule has 15 heavy (non-hydrogen) atoms. The number of benzene rings is 1. The molecule has 0 fully saturated rings. The molecule has 1 aromatic rings. The van der Waals surface area contributed by atoms with Gasteiger partial charge in [-0.05, 0) is 5.56 Å². The first-order valence-electron chi connectivity index (χ1n) is 4.27. The van der Waals surface area contributed by atoms with Crippen LogP contribution < -0.4 is 4.72 Å². The maximum atomic E-state index is 10.9. The number of carboxylic acid groups (broad SMARTS) is 1. The zero-order valence-electron chi connectivity index (χ0n) is 7.79. The molecule has 0 aliphatic carbocycles. The Labute approximate surface area is 88.8 Å². The lowest BCUT2D eigenvalue weighted by atomic mass is 10.00. The second-order valence-corrected chi connectivity index (χ2v) is 3.75. The van der Waals surface area contributed by atoms with E-state index in [0.717, 1.165) is 0 Å². The summed E-state index contributed by atoms with van der Waals surface area (Å²) in [5.74, 6) is -1.90. The van der Waals surface area contributed by atoms with Crippen molar-refractivity contribution < 1.29 is 18.3 Å². The van der Waals surface area contributed by atoms with Gasteiger partial charge in [-0.3, -0.25) is 4.79 Å². The average Bonchev–Trinajstić information content (AvgIpc) is 2.18. The van der Waals surface area contributed by atoms with Crippen molar-refractivity contribution in [1.82, 2.24) is 4.72 Å². The predicted octanol–water partition coefficient (Wildman–Crippen LogP) is -0.0292. The van der Waals surface area contributed by atoms with Gasteiger partial charge in [0.05, 0.1) is 5.92 Å². The lowest BCUT2D eigenvalue weighted by molar-refractivity contribution is -0.138. The van der Waals surface area contributed by atoms with Crippen molar-refractivity contribution in [2.45, 2.75) is 5.92 Å². The largest absolute Gasteiger partial charge is 0.481 e. The zero-order chi connectivity index (χ0) is 11.3. The third kappa shape index (κ3) is 3.69. The molecule has 6 heteroatoms. The second-order valence-electron chi connectivity index (χ2n) is 2.92. The Kier molecular flexibility index (Phi) is 4.26. The van der Waals surface area contributed by atoms with Crippen molar-refractivity contribution in [3.63, 3.8) is 0 Å². The molecular formula is C9H11NO4S. The van der Waals surface area contributed by atoms with Crippen LogP contribution in [0.4, 0.5) is 0 Å². The summed E-state index contributed by atoms with van der Waals surface area (Å²) in [4.78, 5) is 10.9. The fourth-order valence-corrected chi connectivity index (χ4v) is 1.53. The van der Waals surface area contributed by atoms with Crippen LogP contribution in [0.5, 0.6) is 0 Å². The minimum Gasteiger partial charge on any atom is -0.481 e. The first-order valence-corrected chi connectivity index (χ1v) is 5.44. The Hall–Kier alpha value is -1.40. The third-order valence-electron chi connectivity index (χ3n) is 1.92. The van der Waals surface area contributed by atoms with E-state index in [1.54, 1.807) is 30.3 Å². The number of thiol groups is 1. The Morgan fingerprint density at radius 1 is 1.33 bits per heavy atom. The molecule has 1 atom stereocenters. The molecule has 0 amide bonds. The van der Waals surface area contributed by atoms with Gasteiger partial charge in [0.15, 0.2) is 0 Å². The van der Waals surface area contributed by atoms with E-state index in [9.17, 15) is 13.2 Å². The van der Waals surface area contributed by atoms with Gasteiger partial charge in [-0.15, -0.1) is 0 Å². The number of aliphatic carboxylic acids is 1. The molecule has 0 saturated heterocycles. The first kappa shape index (κ1) is 11.7. The smallest absolute Gasteiger partial charge is 0.312 e. The van der Waals surface area contributed by atoms with Crippen molar-refractivity contribution in [3.8, 4) is 0 Å². The van der Waals surface area contributed by atoms with E-state index in [1.165, 1.54) is 0 Å². The van der Waals surface area contributed by atoms with Gasteiger partial charge in [0.2, 0.25) is 10.9 Å². The SMILES string of the molecule is O=C(O)[C@@H](CN[SH](=O)=O)c1ccccc1. The Bertz CT molecular complexity index is 394. The molecule has 0 unspecified atom stereocenters. The summed E-state index contributed by atoms with van der Waals surface area (Å²) in [5.41, 5.74) is 0.578. The van der Waals surface area contributed by atoms with Gasteiger partial charge in [0.25, 0.3) is 0 Å². The molecule has 0 aromatic heterocycles. The average molecular weight is 229 g/mol. The van der Waals surface area contributed by atoms with E-state index in [-0.39, 0.29) is 6.54 Å². The van der Waals surface area contributed by atoms with Crippen LogP contribution in [0.3, 0.4) is 0 Å². The summed E-state index contributed by atoms with van der Waals surface area (Å²) in [5, 5.41) is 8.90. The van der Waals surface area contributed by atoms with Crippen molar-refractivity contribution in [2.75, 3.05) is 6.54 Å².